The van der Waals surface area contributed by atoms with Gasteiger partial charge in [0.2, 0.25) is 0 Å². The molecule has 0 fully saturated rings. The van der Waals surface area contributed by atoms with Crippen LogP contribution in [0.2, 0.25) is 5.02 Å². The maximum absolute atomic E-state index is 8.77. The molecule has 3 aromatic rings. The Balaban J connectivity index is 1.83. The number of halogens is 1. The molecule has 0 bridgehead atoms. The van der Waals surface area contributed by atoms with Crippen LogP contribution < -0.4 is 0 Å². The van der Waals surface area contributed by atoms with Crippen LogP contribution in [0.3, 0.4) is 0 Å². The molecular weight excluding hydrogens is 370 g/mol. The van der Waals surface area contributed by atoms with Crippen molar-refractivity contribution < 1.29 is 9.84 Å². The number of benzene rings is 2. The molecule has 2 aromatic carbocycles. The molecule has 0 aliphatic heterocycles. The molecule has 0 amide bonds. The number of aliphatic hydroxyl groups excluding tert-OH is 1. The van der Waals surface area contributed by atoms with Crippen LogP contribution in [-0.2, 0) is 11.3 Å². The molecule has 7 heteroatoms. The number of aromatic nitrogens is 3. The summed E-state index contributed by atoms with van der Waals surface area (Å²) in [4.78, 5) is 0. The summed E-state index contributed by atoms with van der Waals surface area (Å²) in [6.45, 7) is 1.63. The Bertz CT molecular complexity index is 809. The van der Waals surface area contributed by atoms with Gasteiger partial charge in [0.1, 0.15) is 0 Å². The predicted octanol–water partition coefficient (Wildman–Crippen LogP) is 3.75. The highest BCUT2D eigenvalue weighted by Gasteiger charge is 2.15. The lowest BCUT2D eigenvalue weighted by molar-refractivity contribution is 0.103. The van der Waals surface area contributed by atoms with E-state index in [4.69, 9.17) is 21.4 Å². The number of rotatable bonds is 9. The van der Waals surface area contributed by atoms with E-state index in [0.717, 1.165) is 22.3 Å². The summed E-state index contributed by atoms with van der Waals surface area (Å²) < 4.78 is 7.43. The summed E-state index contributed by atoms with van der Waals surface area (Å²) in [5.74, 6) is 1.55. The molecule has 0 spiro atoms. The van der Waals surface area contributed by atoms with Crippen LogP contribution in [0.25, 0.3) is 11.4 Å². The van der Waals surface area contributed by atoms with E-state index in [1.165, 1.54) is 5.56 Å². The highest BCUT2D eigenvalue weighted by atomic mass is 35.5. The van der Waals surface area contributed by atoms with Crippen LogP contribution in [0.4, 0.5) is 0 Å². The molecule has 26 heavy (non-hydrogen) atoms. The molecule has 0 aliphatic carbocycles. The zero-order valence-electron chi connectivity index (χ0n) is 14.2. The maximum atomic E-state index is 8.77. The van der Waals surface area contributed by atoms with Gasteiger partial charge in [0.25, 0.3) is 0 Å². The van der Waals surface area contributed by atoms with Crippen molar-refractivity contribution in [3.05, 3.63) is 65.2 Å². The minimum absolute atomic E-state index is 0.0373. The van der Waals surface area contributed by atoms with Gasteiger partial charge >= 0.3 is 0 Å². The number of aliphatic hydroxyl groups is 1. The summed E-state index contributed by atoms with van der Waals surface area (Å²) >= 11 is 7.60. The number of thioether (sulfide) groups is 1. The van der Waals surface area contributed by atoms with Gasteiger partial charge in [-0.25, -0.2) is 0 Å². The van der Waals surface area contributed by atoms with E-state index in [2.05, 4.69) is 26.9 Å². The van der Waals surface area contributed by atoms with Crippen molar-refractivity contribution in [2.75, 3.05) is 25.6 Å². The molecule has 0 saturated heterocycles. The third-order valence-electron chi connectivity index (χ3n) is 3.70. The molecule has 136 valence electrons. The van der Waals surface area contributed by atoms with Crippen LogP contribution in [0.15, 0.2) is 59.8 Å². The third-order valence-corrected chi connectivity index (χ3v) is 4.88. The number of nitrogens with zero attached hydrogens (tertiary/aromatic N) is 3. The van der Waals surface area contributed by atoms with Gasteiger partial charge in [-0.3, -0.25) is 4.57 Å². The molecule has 1 aromatic heterocycles. The minimum atomic E-state index is 0.0373. The van der Waals surface area contributed by atoms with Crippen molar-refractivity contribution in [3.63, 3.8) is 0 Å². The Hall–Kier alpha value is -1.86. The first-order valence-corrected chi connectivity index (χ1v) is 9.69. The van der Waals surface area contributed by atoms with Gasteiger partial charge in [0.15, 0.2) is 11.0 Å². The SMILES string of the molecule is OCCOCCSc1nnc(-c2ccc(Cl)cc2)n1Cc1ccccc1. The monoisotopic (exact) mass is 389 g/mol. The maximum Gasteiger partial charge on any atom is 0.191 e. The molecule has 1 N–H and O–H groups in total. The molecule has 0 radical (unpaired) electrons. The zero-order valence-corrected chi connectivity index (χ0v) is 15.8. The number of hydrogen-bond donors (Lipinski definition) is 1. The lowest BCUT2D eigenvalue weighted by Gasteiger charge is -2.11. The van der Waals surface area contributed by atoms with E-state index in [1.54, 1.807) is 11.8 Å². The predicted molar refractivity (Wildman–Crippen MR) is 105 cm³/mol. The molecule has 1 heterocycles. The Morgan fingerprint density at radius 2 is 1.77 bits per heavy atom. The van der Waals surface area contributed by atoms with Gasteiger partial charge in [-0.15, -0.1) is 10.2 Å². The standard InChI is InChI=1S/C19H20ClN3O2S/c20-17-8-6-16(7-9-17)18-21-22-19(26-13-12-25-11-10-24)23(18)14-15-4-2-1-3-5-15/h1-9,24H,10-14H2. The summed E-state index contributed by atoms with van der Waals surface area (Å²) in [6.07, 6.45) is 0. The van der Waals surface area contributed by atoms with E-state index in [9.17, 15) is 0 Å². The summed E-state index contributed by atoms with van der Waals surface area (Å²) in [6, 6.07) is 17.8. The summed E-state index contributed by atoms with van der Waals surface area (Å²) in [5.41, 5.74) is 2.15. The lowest BCUT2D eigenvalue weighted by atomic mass is 10.2. The Morgan fingerprint density at radius 3 is 2.50 bits per heavy atom. The zero-order chi connectivity index (χ0) is 18.2. The van der Waals surface area contributed by atoms with Crippen molar-refractivity contribution in [1.82, 2.24) is 14.8 Å². The Morgan fingerprint density at radius 1 is 1.00 bits per heavy atom. The minimum Gasteiger partial charge on any atom is -0.394 e. The van der Waals surface area contributed by atoms with E-state index < -0.39 is 0 Å². The van der Waals surface area contributed by atoms with Crippen LogP contribution in [0.5, 0.6) is 0 Å². The molecule has 0 saturated carbocycles. The van der Waals surface area contributed by atoms with E-state index in [1.807, 2.05) is 42.5 Å². The van der Waals surface area contributed by atoms with Crippen molar-refractivity contribution in [2.24, 2.45) is 0 Å². The topological polar surface area (TPSA) is 60.2 Å². The first-order chi connectivity index (χ1) is 12.8. The largest absolute Gasteiger partial charge is 0.394 e. The van der Waals surface area contributed by atoms with Crippen molar-refractivity contribution >= 4 is 23.4 Å². The highest BCUT2D eigenvalue weighted by Crippen LogP contribution is 2.26. The average molecular weight is 390 g/mol. The molecule has 0 unspecified atom stereocenters. The molecule has 5 nitrogen and oxygen atoms in total. The summed E-state index contributed by atoms with van der Waals surface area (Å²) in [5, 5.41) is 19.1. The van der Waals surface area contributed by atoms with Gasteiger partial charge in [0, 0.05) is 16.3 Å². The van der Waals surface area contributed by atoms with Gasteiger partial charge in [-0.2, -0.15) is 0 Å². The fourth-order valence-electron chi connectivity index (χ4n) is 2.48. The van der Waals surface area contributed by atoms with Gasteiger partial charge in [-0.1, -0.05) is 53.7 Å². The highest BCUT2D eigenvalue weighted by molar-refractivity contribution is 7.99. The first kappa shape index (κ1) is 18.9. The van der Waals surface area contributed by atoms with Crippen molar-refractivity contribution in [3.8, 4) is 11.4 Å². The first-order valence-electron chi connectivity index (χ1n) is 8.32. The van der Waals surface area contributed by atoms with Crippen LogP contribution >= 0.6 is 23.4 Å². The summed E-state index contributed by atoms with van der Waals surface area (Å²) in [7, 11) is 0. The second kappa shape index (κ2) is 9.73. The molecule has 0 atom stereocenters. The van der Waals surface area contributed by atoms with Gasteiger partial charge in [0.05, 0.1) is 26.4 Å². The van der Waals surface area contributed by atoms with E-state index >= 15 is 0 Å². The quantitative estimate of drug-likeness (QED) is 0.446. The fraction of sp³-hybridized carbons (Fsp3) is 0.263. The third kappa shape index (κ3) is 5.08. The van der Waals surface area contributed by atoms with Crippen molar-refractivity contribution in [1.29, 1.82) is 0 Å². The molecule has 0 aliphatic rings. The lowest BCUT2D eigenvalue weighted by Crippen LogP contribution is -2.06. The van der Waals surface area contributed by atoms with Crippen LogP contribution in [0, 0.1) is 0 Å². The number of ether oxygens (including phenoxy) is 1. The van der Waals surface area contributed by atoms with E-state index in [0.29, 0.717) is 24.8 Å². The second-order valence-electron chi connectivity index (χ2n) is 5.57. The normalized spacial score (nSPS) is 11.0. The van der Waals surface area contributed by atoms with Gasteiger partial charge < -0.3 is 9.84 Å². The molecule has 3 rings (SSSR count). The molecular formula is C19H20ClN3O2S. The Labute approximate surface area is 162 Å². The van der Waals surface area contributed by atoms with Crippen LogP contribution in [0.1, 0.15) is 5.56 Å². The fourth-order valence-corrected chi connectivity index (χ4v) is 3.39. The average Bonchev–Trinajstić information content (AvgIpc) is 3.06. The Kier molecular flexibility index (Phi) is 7.08. The van der Waals surface area contributed by atoms with Crippen LogP contribution in [-0.4, -0.2) is 45.4 Å². The number of hydrogen-bond acceptors (Lipinski definition) is 5. The smallest absolute Gasteiger partial charge is 0.191 e. The second-order valence-corrected chi connectivity index (χ2v) is 7.07. The van der Waals surface area contributed by atoms with Gasteiger partial charge in [-0.05, 0) is 29.8 Å². The van der Waals surface area contributed by atoms with Crippen molar-refractivity contribution in [2.45, 2.75) is 11.7 Å². The van der Waals surface area contributed by atoms with E-state index in [-0.39, 0.29) is 6.61 Å².